The highest BCUT2D eigenvalue weighted by atomic mass is 32.1. The number of carbonyl (C=O) groups is 3. The number of rotatable bonds is 4. The molecule has 0 unspecified atom stereocenters. The van der Waals surface area contributed by atoms with E-state index in [1.54, 1.807) is 11.3 Å². The van der Waals surface area contributed by atoms with E-state index in [0.29, 0.717) is 5.41 Å². The second-order valence-electron chi connectivity index (χ2n) is 10.1. The molecule has 0 saturated carbocycles. The van der Waals surface area contributed by atoms with E-state index in [-0.39, 0.29) is 0 Å². The number of nitrogens with zero attached hydrogens (tertiary/aromatic N) is 4. The molecule has 0 atom stereocenters. The SMILES string of the molecule is Cc1nc(CN2CCC3(CCN(Cc4ccccn4)CC3)CC2)cs1.O=C(O)C(F)(F)F.O=C(O)C(F)(F)F.O=C(O)C(F)(F)F. The largest absolute Gasteiger partial charge is 0.490 e. The topological polar surface area (TPSA) is 144 Å². The molecule has 0 amide bonds. The molecule has 2 aromatic heterocycles. The van der Waals surface area contributed by atoms with Gasteiger partial charge in [-0.15, -0.1) is 11.3 Å². The number of aliphatic carboxylic acids is 3. The van der Waals surface area contributed by atoms with Crippen molar-refractivity contribution < 1.29 is 69.2 Å². The molecule has 260 valence electrons. The van der Waals surface area contributed by atoms with E-state index < -0.39 is 36.4 Å². The fraction of sp³-hybridized carbons (Fsp3) is 0.577. The molecular weight excluding hydrogens is 667 g/mol. The Balaban J connectivity index is 0.000000413. The Morgan fingerprint density at radius 2 is 1.11 bits per heavy atom. The third kappa shape index (κ3) is 15.7. The summed E-state index contributed by atoms with van der Waals surface area (Å²) in [5.41, 5.74) is 3.05. The van der Waals surface area contributed by atoms with Crippen molar-refractivity contribution in [1.82, 2.24) is 19.8 Å². The van der Waals surface area contributed by atoms with Crippen LogP contribution in [0, 0.1) is 12.3 Å². The normalized spacial score (nSPS) is 16.9. The highest BCUT2D eigenvalue weighted by molar-refractivity contribution is 7.09. The molecule has 46 heavy (non-hydrogen) atoms. The van der Waals surface area contributed by atoms with Gasteiger partial charge in [0, 0.05) is 24.7 Å². The number of carboxylic acids is 3. The summed E-state index contributed by atoms with van der Waals surface area (Å²) in [6.45, 7) is 9.05. The molecule has 2 aliphatic heterocycles. The van der Waals surface area contributed by atoms with Gasteiger partial charge in [0.25, 0.3) is 0 Å². The number of thiazole rings is 1. The van der Waals surface area contributed by atoms with E-state index in [1.807, 2.05) is 12.3 Å². The average molecular weight is 699 g/mol. The van der Waals surface area contributed by atoms with Crippen LogP contribution in [0.5, 0.6) is 0 Å². The van der Waals surface area contributed by atoms with Gasteiger partial charge in [-0.25, -0.2) is 19.4 Å². The molecular formula is C26H31F9N4O6S. The lowest BCUT2D eigenvalue weighted by molar-refractivity contribution is -0.193. The maximum Gasteiger partial charge on any atom is 0.490 e. The number of hydrogen-bond acceptors (Lipinski definition) is 8. The second kappa shape index (κ2) is 17.4. The first-order valence-electron chi connectivity index (χ1n) is 13.2. The Morgan fingerprint density at radius 1 is 0.739 bits per heavy atom. The minimum atomic E-state index is -5.08. The number of pyridine rings is 1. The minimum absolute atomic E-state index is 0.592. The second-order valence-corrected chi connectivity index (χ2v) is 11.2. The Kier molecular flexibility index (Phi) is 15.3. The van der Waals surface area contributed by atoms with Crippen LogP contribution in [0.15, 0.2) is 29.8 Å². The van der Waals surface area contributed by atoms with Crippen molar-refractivity contribution in [2.45, 2.75) is 64.2 Å². The molecule has 0 radical (unpaired) electrons. The van der Waals surface area contributed by atoms with Crippen LogP contribution in [0.2, 0.25) is 0 Å². The zero-order valence-corrected chi connectivity index (χ0v) is 24.9. The molecule has 4 rings (SSSR count). The highest BCUT2D eigenvalue weighted by Gasteiger charge is 2.40. The Labute approximate surface area is 260 Å². The lowest BCUT2D eigenvalue weighted by Crippen LogP contribution is -2.46. The quantitative estimate of drug-likeness (QED) is 0.344. The Hall–Kier alpha value is -3.52. The van der Waals surface area contributed by atoms with Crippen molar-refractivity contribution >= 4 is 29.2 Å². The number of halogens is 9. The summed E-state index contributed by atoms with van der Waals surface area (Å²) in [6, 6.07) is 6.23. The molecule has 0 bridgehead atoms. The molecule has 1 spiro atoms. The van der Waals surface area contributed by atoms with E-state index in [9.17, 15) is 39.5 Å². The molecule has 3 N–H and O–H groups in total. The Bertz CT molecular complexity index is 1180. The number of aromatic nitrogens is 2. The van der Waals surface area contributed by atoms with Gasteiger partial charge in [0.1, 0.15) is 0 Å². The zero-order chi connectivity index (χ0) is 35.3. The predicted molar refractivity (Wildman–Crippen MR) is 144 cm³/mol. The summed E-state index contributed by atoms with van der Waals surface area (Å²) in [5.74, 6) is -8.27. The lowest BCUT2D eigenvalue weighted by atomic mass is 9.71. The van der Waals surface area contributed by atoms with Crippen LogP contribution >= 0.6 is 11.3 Å². The van der Waals surface area contributed by atoms with Gasteiger partial charge in [-0.2, -0.15) is 39.5 Å². The molecule has 4 heterocycles. The number of aryl methyl sites for hydroxylation is 1. The van der Waals surface area contributed by atoms with Crippen LogP contribution in [0.25, 0.3) is 0 Å². The molecule has 2 aromatic rings. The summed E-state index contributed by atoms with van der Waals surface area (Å²) >= 11 is 1.77. The van der Waals surface area contributed by atoms with Gasteiger partial charge in [-0.1, -0.05) is 6.07 Å². The van der Waals surface area contributed by atoms with Crippen LogP contribution in [0.1, 0.15) is 42.1 Å². The van der Waals surface area contributed by atoms with E-state index >= 15 is 0 Å². The lowest BCUT2D eigenvalue weighted by Gasteiger charge is -2.46. The number of hydrogen-bond donors (Lipinski definition) is 3. The van der Waals surface area contributed by atoms with Crippen molar-refractivity contribution in [2.75, 3.05) is 26.2 Å². The maximum atomic E-state index is 10.6. The maximum absolute atomic E-state index is 10.6. The molecule has 0 aromatic carbocycles. The van der Waals surface area contributed by atoms with Gasteiger partial charge in [-0.05, 0) is 76.3 Å². The molecule has 10 nitrogen and oxygen atoms in total. The first kappa shape index (κ1) is 40.5. The zero-order valence-electron chi connectivity index (χ0n) is 24.1. The summed E-state index contributed by atoms with van der Waals surface area (Å²) < 4.78 is 95.2. The van der Waals surface area contributed by atoms with Gasteiger partial charge in [-0.3, -0.25) is 14.8 Å². The van der Waals surface area contributed by atoms with Crippen LogP contribution in [-0.2, 0) is 27.5 Å². The van der Waals surface area contributed by atoms with Gasteiger partial charge >= 0.3 is 36.4 Å². The van der Waals surface area contributed by atoms with E-state index in [2.05, 4.69) is 44.2 Å². The van der Waals surface area contributed by atoms with Crippen LogP contribution in [-0.4, -0.2) is 97.7 Å². The molecule has 2 fully saturated rings. The van der Waals surface area contributed by atoms with Gasteiger partial charge < -0.3 is 15.3 Å². The van der Waals surface area contributed by atoms with Crippen LogP contribution in [0.4, 0.5) is 39.5 Å². The fourth-order valence-electron chi connectivity index (χ4n) is 4.30. The number of piperidine rings is 2. The van der Waals surface area contributed by atoms with E-state index in [1.165, 1.54) is 68.3 Å². The summed E-state index contributed by atoms with van der Waals surface area (Å²) in [5, 5.41) is 24.8. The van der Waals surface area contributed by atoms with Crippen molar-refractivity contribution in [3.05, 3.63) is 46.2 Å². The number of likely N-dealkylation sites (tertiary alicyclic amines) is 2. The minimum Gasteiger partial charge on any atom is -0.475 e. The number of alkyl halides is 9. The van der Waals surface area contributed by atoms with E-state index in [0.717, 1.165) is 13.1 Å². The third-order valence-corrected chi connectivity index (χ3v) is 7.55. The highest BCUT2D eigenvalue weighted by Crippen LogP contribution is 2.41. The van der Waals surface area contributed by atoms with Gasteiger partial charge in [0.2, 0.25) is 0 Å². The average Bonchev–Trinajstić information content (AvgIpc) is 3.36. The van der Waals surface area contributed by atoms with Crippen LogP contribution < -0.4 is 0 Å². The standard InChI is InChI=1S/C20H28N4S.3C2HF3O2/c1-17-22-19(16-25-17)15-24-12-7-20(8-13-24)5-10-23(11-6-20)14-18-4-2-3-9-21-18;3*3-2(4,5)1(6)7/h2-4,9,16H,5-8,10-15H2,1H3;3*(H,6,7). The number of carboxylic acid groups (broad SMARTS) is 3. The molecule has 0 aliphatic carbocycles. The van der Waals surface area contributed by atoms with Crippen molar-refractivity contribution in [1.29, 1.82) is 0 Å². The summed E-state index contributed by atoms with van der Waals surface area (Å²) in [6.07, 6.45) is -7.94. The third-order valence-electron chi connectivity index (χ3n) is 6.72. The first-order valence-corrected chi connectivity index (χ1v) is 14.1. The predicted octanol–water partition coefficient (Wildman–Crippen LogP) is 5.62. The fourth-order valence-corrected chi connectivity index (χ4v) is 4.91. The van der Waals surface area contributed by atoms with Crippen LogP contribution in [0.3, 0.4) is 0 Å². The van der Waals surface area contributed by atoms with Crippen molar-refractivity contribution in [3.63, 3.8) is 0 Å². The summed E-state index contributed by atoms with van der Waals surface area (Å²) in [4.78, 5) is 41.0. The first-order chi connectivity index (χ1) is 21.0. The molecule has 20 heteroatoms. The summed E-state index contributed by atoms with van der Waals surface area (Å²) in [7, 11) is 0. The molecule has 2 saturated heterocycles. The van der Waals surface area contributed by atoms with Crippen molar-refractivity contribution in [3.8, 4) is 0 Å². The smallest absolute Gasteiger partial charge is 0.475 e. The van der Waals surface area contributed by atoms with Gasteiger partial charge in [0.15, 0.2) is 0 Å². The monoisotopic (exact) mass is 698 g/mol. The Morgan fingerprint density at radius 3 is 1.39 bits per heavy atom. The molecule has 2 aliphatic rings. The van der Waals surface area contributed by atoms with E-state index in [4.69, 9.17) is 29.7 Å². The van der Waals surface area contributed by atoms with Gasteiger partial charge in [0.05, 0.1) is 16.4 Å². The van der Waals surface area contributed by atoms with Crippen molar-refractivity contribution in [2.24, 2.45) is 5.41 Å².